The maximum absolute atomic E-state index is 2.42. The molecule has 0 amide bonds. The van der Waals surface area contributed by atoms with Crippen molar-refractivity contribution >= 4 is 33.2 Å². The molecule has 0 aliphatic carbocycles. The molecule has 8 rings (SSSR count). The minimum atomic E-state index is 0.875. The van der Waals surface area contributed by atoms with Gasteiger partial charge in [-0.1, -0.05) is 103 Å². The molecule has 184 valence electrons. The SMILES string of the molecule is c1ccc2c(c1)CN(c1ccc(-c3ccc(-n4c5ccccc5c5ccccc54)cc3)cc1)c1ccccc1-2. The summed E-state index contributed by atoms with van der Waals surface area (Å²) < 4.78 is 2.36. The van der Waals surface area contributed by atoms with Gasteiger partial charge in [0, 0.05) is 39.9 Å². The van der Waals surface area contributed by atoms with Gasteiger partial charge in [0.2, 0.25) is 0 Å². The molecule has 0 N–H and O–H groups in total. The molecule has 0 saturated carbocycles. The van der Waals surface area contributed by atoms with Gasteiger partial charge in [0.1, 0.15) is 0 Å². The molecule has 2 nitrogen and oxygen atoms in total. The predicted molar refractivity (Wildman–Crippen MR) is 164 cm³/mol. The Morgan fingerprint density at radius 2 is 0.923 bits per heavy atom. The zero-order valence-electron chi connectivity index (χ0n) is 21.5. The van der Waals surface area contributed by atoms with Crippen LogP contribution in [0.5, 0.6) is 0 Å². The minimum Gasteiger partial charge on any atom is -0.336 e. The smallest absolute Gasteiger partial charge is 0.0541 e. The number of hydrogen-bond donors (Lipinski definition) is 0. The van der Waals surface area contributed by atoms with Gasteiger partial charge in [0.15, 0.2) is 0 Å². The van der Waals surface area contributed by atoms with Crippen LogP contribution in [0.1, 0.15) is 5.56 Å². The number of benzene rings is 6. The van der Waals surface area contributed by atoms with E-state index in [0.29, 0.717) is 0 Å². The van der Waals surface area contributed by atoms with Gasteiger partial charge in [-0.05, 0) is 64.7 Å². The molecule has 6 aromatic carbocycles. The van der Waals surface area contributed by atoms with E-state index in [9.17, 15) is 0 Å². The molecule has 0 bridgehead atoms. The van der Waals surface area contributed by atoms with Crippen LogP contribution < -0.4 is 4.90 Å². The van der Waals surface area contributed by atoms with E-state index in [-0.39, 0.29) is 0 Å². The molecule has 1 aromatic heterocycles. The Labute approximate surface area is 228 Å². The number of nitrogens with zero attached hydrogens (tertiary/aromatic N) is 2. The highest BCUT2D eigenvalue weighted by molar-refractivity contribution is 6.09. The molecule has 0 fully saturated rings. The van der Waals surface area contributed by atoms with Crippen molar-refractivity contribution in [3.8, 4) is 27.9 Å². The molecule has 1 aliphatic heterocycles. The summed E-state index contributed by atoms with van der Waals surface area (Å²) in [5.41, 5.74) is 12.6. The van der Waals surface area contributed by atoms with Gasteiger partial charge in [-0.15, -0.1) is 0 Å². The molecule has 0 atom stereocenters. The monoisotopic (exact) mass is 498 g/mol. The van der Waals surface area contributed by atoms with Crippen LogP contribution in [0.3, 0.4) is 0 Å². The van der Waals surface area contributed by atoms with Crippen LogP contribution in [-0.4, -0.2) is 4.57 Å². The quantitative estimate of drug-likeness (QED) is 0.235. The van der Waals surface area contributed by atoms with Gasteiger partial charge in [-0.2, -0.15) is 0 Å². The number of fused-ring (bicyclic) bond motifs is 6. The van der Waals surface area contributed by atoms with Crippen molar-refractivity contribution in [1.82, 2.24) is 4.57 Å². The first-order chi connectivity index (χ1) is 19.3. The molecule has 1 aliphatic rings. The summed E-state index contributed by atoms with van der Waals surface area (Å²) >= 11 is 0. The molecule has 0 unspecified atom stereocenters. The van der Waals surface area contributed by atoms with Crippen molar-refractivity contribution in [2.24, 2.45) is 0 Å². The van der Waals surface area contributed by atoms with Crippen LogP contribution in [0.2, 0.25) is 0 Å². The van der Waals surface area contributed by atoms with Crippen molar-refractivity contribution in [2.75, 3.05) is 4.90 Å². The first-order valence-corrected chi connectivity index (χ1v) is 13.5. The fourth-order valence-corrected chi connectivity index (χ4v) is 6.18. The number of aromatic nitrogens is 1. The predicted octanol–water partition coefficient (Wildman–Crippen LogP) is 9.77. The van der Waals surface area contributed by atoms with Crippen molar-refractivity contribution < 1.29 is 0 Å². The van der Waals surface area contributed by atoms with E-state index in [0.717, 1.165) is 6.54 Å². The van der Waals surface area contributed by atoms with Crippen molar-refractivity contribution in [3.05, 3.63) is 151 Å². The maximum Gasteiger partial charge on any atom is 0.0541 e. The van der Waals surface area contributed by atoms with E-state index in [1.165, 1.54) is 66.7 Å². The van der Waals surface area contributed by atoms with Gasteiger partial charge >= 0.3 is 0 Å². The third kappa shape index (κ3) is 3.49. The molecule has 0 saturated heterocycles. The molecule has 7 aromatic rings. The summed E-state index contributed by atoms with van der Waals surface area (Å²) in [6, 6.07) is 52.7. The zero-order valence-corrected chi connectivity index (χ0v) is 21.5. The van der Waals surface area contributed by atoms with Crippen LogP contribution in [0.4, 0.5) is 11.4 Å². The lowest BCUT2D eigenvalue weighted by Crippen LogP contribution is -2.21. The Balaban J connectivity index is 1.14. The summed E-state index contributed by atoms with van der Waals surface area (Å²) in [7, 11) is 0. The van der Waals surface area contributed by atoms with Crippen LogP contribution >= 0.6 is 0 Å². The topological polar surface area (TPSA) is 8.17 Å². The lowest BCUT2D eigenvalue weighted by Gasteiger charge is -2.33. The Kier molecular flexibility index (Phi) is 4.92. The van der Waals surface area contributed by atoms with E-state index in [2.05, 4.69) is 155 Å². The minimum absolute atomic E-state index is 0.875. The molecular weight excluding hydrogens is 472 g/mol. The van der Waals surface area contributed by atoms with E-state index in [4.69, 9.17) is 0 Å². The van der Waals surface area contributed by atoms with Gasteiger partial charge < -0.3 is 9.47 Å². The molecule has 2 heterocycles. The first-order valence-electron chi connectivity index (χ1n) is 13.5. The second-order valence-electron chi connectivity index (χ2n) is 10.2. The number of rotatable bonds is 3. The second kappa shape index (κ2) is 8.75. The Bertz CT molecular complexity index is 1920. The Morgan fingerprint density at radius 1 is 0.410 bits per heavy atom. The standard InChI is InChI=1S/C37H26N2/c1-2-10-31-28(9-1)25-38(35-14-6-3-11-32(31)35)29-21-17-26(18-22-29)27-19-23-30(24-20-27)39-36-15-7-4-12-33(36)34-13-5-8-16-37(34)39/h1-24H,25H2. The van der Waals surface area contributed by atoms with E-state index >= 15 is 0 Å². The van der Waals surface area contributed by atoms with Crippen molar-refractivity contribution in [3.63, 3.8) is 0 Å². The summed E-state index contributed by atoms with van der Waals surface area (Å²) in [6.45, 7) is 0.875. The molecule has 0 spiro atoms. The van der Waals surface area contributed by atoms with Crippen LogP contribution in [-0.2, 0) is 6.54 Å². The fourth-order valence-electron chi connectivity index (χ4n) is 6.18. The Hall–Kier alpha value is -5.08. The van der Waals surface area contributed by atoms with E-state index < -0.39 is 0 Å². The summed E-state index contributed by atoms with van der Waals surface area (Å²) in [6.07, 6.45) is 0. The van der Waals surface area contributed by atoms with Gasteiger partial charge in [0.05, 0.1) is 11.0 Å². The largest absolute Gasteiger partial charge is 0.336 e. The Morgan fingerprint density at radius 3 is 1.59 bits per heavy atom. The lowest BCUT2D eigenvalue weighted by atomic mass is 9.93. The average molecular weight is 499 g/mol. The van der Waals surface area contributed by atoms with E-state index in [1.54, 1.807) is 0 Å². The summed E-state index contributed by atoms with van der Waals surface area (Å²) in [5, 5.41) is 2.57. The number of hydrogen-bond acceptors (Lipinski definition) is 1. The van der Waals surface area contributed by atoms with Crippen LogP contribution in [0.25, 0.3) is 49.7 Å². The number of anilines is 2. The highest BCUT2D eigenvalue weighted by Crippen LogP contribution is 2.42. The lowest BCUT2D eigenvalue weighted by molar-refractivity contribution is 0.961. The molecule has 0 radical (unpaired) electrons. The molecule has 39 heavy (non-hydrogen) atoms. The molecule has 2 heteroatoms. The number of para-hydroxylation sites is 3. The van der Waals surface area contributed by atoms with Crippen LogP contribution in [0.15, 0.2) is 146 Å². The average Bonchev–Trinajstić information content (AvgIpc) is 3.35. The highest BCUT2D eigenvalue weighted by atomic mass is 15.1. The van der Waals surface area contributed by atoms with Gasteiger partial charge in [-0.25, -0.2) is 0 Å². The van der Waals surface area contributed by atoms with Gasteiger partial charge in [-0.3, -0.25) is 0 Å². The summed E-state index contributed by atoms with van der Waals surface area (Å²) in [5.74, 6) is 0. The third-order valence-corrected chi connectivity index (χ3v) is 8.05. The first kappa shape index (κ1) is 22.0. The van der Waals surface area contributed by atoms with Crippen molar-refractivity contribution in [2.45, 2.75) is 6.54 Å². The molecular formula is C37H26N2. The zero-order chi connectivity index (χ0) is 25.8. The highest BCUT2D eigenvalue weighted by Gasteiger charge is 2.22. The van der Waals surface area contributed by atoms with Crippen molar-refractivity contribution in [1.29, 1.82) is 0 Å². The maximum atomic E-state index is 2.42. The third-order valence-electron chi connectivity index (χ3n) is 8.05. The fraction of sp³-hybridized carbons (Fsp3) is 0.0270. The van der Waals surface area contributed by atoms with Crippen LogP contribution in [0, 0.1) is 0 Å². The van der Waals surface area contributed by atoms with Gasteiger partial charge in [0.25, 0.3) is 0 Å². The normalized spacial score (nSPS) is 12.5. The second-order valence-corrected chi connectivity index (χ2v) is 10.2. The summed E-state index contributed by atoms with van der Waals surface area (Å²) in [4.78, 5) is 2.42. The van der Waals surface area contributed by atoms with E-state index in [1.807, 2.05) is 0 Å².